The third-order valence-corrected chi connectivity index (χ3v) is 6.43. The van der Waals surface area contributed by atoms with Crippen LogP contribution in [0.5, 0.6) is 0 Å². The number of pyridine rings is 1. The summed E-state index contributed by atoms with van der Waals surface area (Å²) in [6.07, 6.45) is 15.2. The summed E-state index contributed by atoms with van der Waals surface area (Å²) in [6.45, 7) is 10.8. The first-order valence-electron chi connectivity index (χ1n) is 10.8. The fraction of sp³-hybridized carbons (Fsp3) is 0.480. The fourth-order valence-corrected chi connectivity index (χ4v) is 4.40. The molecule has 0 bridgehead atoms. The number of fused-ring (bicyclic) bond motifs is 1. The van der Waals surface area contributed by atoms with Crippen molar-refractivity contribution in [2.24, 2.45) is 5.92 Å². The molecule has 0 unspecified atom stereocenters. The highest BCUT2D eigenvalue weighted by Gasteiger charge is 2.22. The Morgan fingerprint density at radius 2 is 2.00 bits per heavy atom. The van der Waals surface area contributed by atoms with Crippen LogP contribution >= 0.6 is 0 Å². The molecule has 148 valence electrons. The number of hydrogen-bond acceptors (Lipinski definition) is 3. The highest BCUT2D eigenvalue weighted by Crippen LogP contribution is 2.35. The number of nitrogens with zero attached hydrogens (tertiary/aromatic N) is 3. The van der Waals surface area contributed by atoms with Crippen LogP contribution in [0.25, 0.3) is 5.57 Å². The van der Waals surface area contributed by atoms with E-state index >= 15 is 0 Å². The van der Waals surface area contributed by atoms with Gasteiger partial charge in [-0.2, -0.15) is 0 Å². The highest BCUT2D eigenvalue weighted by atomic mass is 15.2. The Hall–Kier alpha value is -2.13. The smallest absolute Gasteiger partial charge is 0.0523 e. The van der Waals surface area contributed by atoms with Gasteiger partial charge in [0.15, 0.2) is 0 Å². The van der Waals surface area contributed by atoms with Gasteiger partial charge in [0.25, 0.3) is 0 Å². The van der Waals surface area contributed by atoms with E-state index < -0.39 is 0 Å². The number of piperazine rings is 1. The third-order valence-electron chi connectivity index (χ3n) is 6.43. The predicted molar refractivity (Wildman–Crippen MR) is 118 cm³/mol. The van der Waals surface area contributed by atoms with Gasteiger partial charge in [-0.05, 0) is 49.6 Å². The number of aromatic nitrogens is 1. The monoisotopic (exact) mass is 375 g/mol. The molecular weight excluding hydrogens is 342 g/mol. The van der Waals surface area contributed by atoms with Crippen molar-refractivity contribution < 1.29 is 0 Å². The van der Waals surface area contributed by atoms with Crippen molar-refractivity contribution in [3.8, 4) is 0 Å². The zero-order valence-corrected chi connectivity index (χ0v) is 17.5. The van der Waals surface area contributed by atoms with E-state index in [1.165, 1.54) is 47.4 Å². The third kappa shape index (κ3) is 4.15. The second kappa shape index (κ2) is 8.48. The van der Waals surface area contributed by atoms with Crippen LogP contribution in [0, 0.1) is 5.92 Å². The van der Waals surface area contributed by atoms with E-state index in [1.807, 2.05) is 0 Å². The molecule has 0 N–H and O–H groups in total. The first-order valence-corrected chi connectivity index (χ1v) is 10.8. The number of allylic oxidation sites excluding steroid dienone is 6. The number of hydrogen-bond donors (Lipinski definition) is 0. The average Bonchev–Trinajstić information content (AvgIpc) is 3.08. The maximum Gasteiger partial charge on any atom is 0.0523 e. The molecule has 3 nitrogen and oxygen atoms in total. The van der Waals surface area contributed by atoms with Crippen LogP contribution in [0.4, 0.5) is 0 Å². The van der Waals surface area contributed by atoms with E-state index in [9.17, 15) is 0 Å². The molecule has 4 rings (SSSR count). The van der Waals surface area contributed by atoms with Crippen molar-refractivity contribution in [2.75, 3.05) is 33.2 Å². The van der Waals surface area contributed by atoms with Crippen LogP contribution in [0.1, 0.15) is 43.1 Å². The Morgan fingerprint density at radius 1 is 1.21 bits per heavy atom. The summed E-state index contributed by atoms with van der Waals surface area (Å²) >= 11 is 0. The quantitative estimate of drug-likeness (QED) is 0.676. The molecule has 0 aromatic carbocycles. The van der Waals surface area contributed by atoms with Gasteiger partial charge in [0, 0.05) is 49.6 Å². The summed E-state index contributed by atoms with van der Waals surface area (Å²) in [6, 6.07) is 4.55. The molecule has 2 aliphatic carbocycles. The van der Waals surface area contributed by atoms with Crippen LogP contribution in [-0.2, 0) is 12.8 Å². The molecule has 2 fully saturated rings. The molecule has 28 heavy (non-hydrogen) atoms. The van der Waals surface area contributed by atoms with Crippen LogP contribution in [0.15, 0.2) is 54.3 Å². The molecule has 0 spiro atoms. The Balaban J connectivity index is 1.52. The van der Waals surface area contributed by atoms with Gasteiger partial charge >= 0.3 is 0 Å². The lowest BCUT2D eigenvalue weighted by atomic mass is 9.82. The SMILES string of the molecule is C=C(/C=C(\C=C/C)C1=CCc2nc(CC3CCC3)ccc21)N1CCN(C)CC1. The summed E-state index contributed by atoms with van der Waals surface area (Å²) in [7, 11) is 2.19. The molecule has 0 radical (unpaired) electrons. The molecule has 1 aliphatic heterocycles. The molecule has 2 heterocycles. The van der Waals surface area contributed by atoms with Crippen LogP contribution in [0.2, 0.25) is 0 Å². The topological polar surface area (TPSA) is 19.4 Å². The normalized spacial score (nSPS) is 21.0. The van der Waals surface area contributed by atoms with E-state index in [0.29, 0.717) is 0 Å². The standard InChI is InChI=1S/C25H33N3/c1-4-6-21(17-19(2)28-15-13-27(3)14-16-28)23-11-12-25-24(23)10-9-22(26-25)18-20-7-5-8-20/h4,6,9-11,17,20H,2,5,7-8,12-16,18H2,1,3H3/b6-4-,21-17+. The Bertz CT molecular complexity index is 818. The first kappa shape index (κ1) is 19.2. The van der Waals surface area contributed by atoms with Gasteiger partial charge in [-0.25, -0.2) is 0 Å². The van der Waals surface area contributed by atoms with Crippen LogP contribution < -0.4 is 0 Å². The second-order valence-corrected chi connectivity index (χ2v) is 8.50. The molecule has 1 aromatic rings. The van der Waals surface area contributed by atoms with Gasteiger partial charge in [-0.3, -0.25) is 4.98 Å². The summed E-state index contributed by atoms with van der Waals surface area (Å²) in [4.78, 5) is 9.78. The van der Waals surface area contributed by atoms with Gasteiger partial charge in [-0.1, -0.05) is 50.1 Å². The molecule has 3 heteroatoms. The maximum atomic E-state index is 5.00. The van der Waals surface area contributed by atoms with Crippen LogP contribution in [-0.4, -0.2) is 48.0 Å². The molecular formula is C25H33N3. The van der Waals surface area contributed by atoms with E-state index in [0.717, 1.165) is 50.6 Å². The summed E-state index contributed by atoms with van der Waals surface area (Å²) < 4.78 is 0. The molecule has 3 aliphatic rings. The van der Waals surface area contributed by atoms with Crippen molar-refractivity contribution in [2.45, 2.75) is 39.0 Å². The Labute approximate surface area is 170 Å². The summed E-state index contributed by atoms with van der Waals surface area (Å²) in [5, 5.41) is 0. The Morgan fingerprint density at radius 3 is 2.68 bits per heavy atom. The van der Waals surface area contributed by atoms with E-state index in [-0.39, 0.29) is 0 Å². The average molecular weight is 376 g/mol. The zero-order chi connectivity index (χ0) is 19.5. The van der Waals surface area contributed by atoms with Crippen molar-refractivity contribution in [1.29, 1.82) is 0 Å². The van der Waals surface area contributed by atoms with Gasteiger partial charge in [-0.15, -0.1) is 0 Å². The lowest BCUT2D eigenvalue weighted by Crippen LogP contribution is -2.43. The molecule has 1 saturated carbocycles. The van der Waals surface area contributed by atoms with E-state index in [1.54, 1.807) is 0 Å². The van der Waals surface area contributed by atoms with Gasteiger partial charge in [0.1, 0.15) is 0 Å². The highest BCUT2D eigenvalue weighted by molar-refractivity contribution is 5.86. The van der Waals surface area contributed by atoms with Crippen molar-refractivity contribution >= 4 is 5.57 Å². The van der Waals surface area contributed by atoms with Gasteiger partial charge in [0.2, 0.25) is 0 Å². The maximum absolute atomic E-state index is 5.00. The predicted octanol–water partition coefficient (Wildman–Crippen LogP) is 4.63. The van der Waals surface area contributed by atoms with Crippen molar-refractivity contribution in [3.05, 3.63) is 71.2 Å². The number of likely N-dealkylation sites (N-methyl/N-ethyl adjacent to an activating group) is 1. The zero-order valence-electron chi connectivity index (χ0n) is 17.5. The van der Waals surface area contributed by atoms with Crippen LogP contribution in [0.3, 0.4) is 0 Å². The van der Waals surface area contributed by atoms with E-state index in [4.69, 9.17) is 4.98 Å². The van der Waals surface area contributed by atoms with Gasteiger partial charge in [0.05, 0.1) is 5.69 Å². The number of rotatable bonds is 6. The van der Waals surface area contributed by atoms with Gasteiger partial charge < -0.3 is 9.80 Å². The first-order chi connectivity index (χ1) is 13.6. The minimum Gasteiger partial charge on any atom is -0.369 e. The second-order valence-electron chi connectivity index (χ2n) is 8.50. The van der Waals surface area contributed by atoms with Crippen molar-refractivity contribution in [3.63, 3.8) is 0 Å². The molecule has 1 saturated heterocycles. The fourth-order valence-electron chi connectivity index (χ4n) is 4.40. The molecule has 1 aromatic heterocycles. The largest absolute Gasteiger partial charge is 0.369 e. The lowest BCUT2D eigenvalue weighted by molar-refractivity contribution is 0.190. The van der Waals surface area contributed by atoms with E-state index in [2.05, 4.69) is 66.8 Å². The summed E-state index contributed by atoms with van der Waals surface area (Å²) in [5.74, 6) is 0.866. The van der Waals surface area contributed by atoms with Crippen molar-refractivity contribution in [1.82, 2.24) is 14.8 Å². The molecule has 0 amide bonds. The summed E-state index contributed by atoms with van der Waals surface area (Å²) in [5.41, 5.74) is 7.49. The minimum absolute atomic E-state index is 0.866. The molecule has 0 atom stereocenters. The Kier molecular flexibility index (Phi) is 5.82. The lowest BCUT2D eigenvalue weighted by Gasteiger charge is -2.34. The minimum atomic E-state index is 0.866.